The topological polar surface area (TPSA) is 46.5 Å². The molecule has 0 amide bonds. The van der Waals surface area contributed by atoms with Crippen molar-refractivity contribution in [2.24, 2.45) is 5.10 Å². The van der Waals surface area contributed by atoms with E-state index in [2.05, 4.69) is 70.6 Å². The highest BCUT2D eigenvalue weighted by Crippen LogP contribution is 2.51. The van der Waals surface area contributed by atoms with Gasteiger partial charge < -0.3 is 14.2 Å². The summed E-state index contributed by atoms with van der Waals surface area (Å²) in [4.78, 5) is 2.70. The van der Waals surface area contributed by atoms with Crippen LogP contribution < -0.4 is 14.2 Å². The number of nitrogens with zero attached hydrogens (tertiary/aromatic N) is 3. The molecule has 0 aromatic heterocycles. The van der Waals surface area contributed by atoms with Gasteiger partial charge in [0.25, 0.3) is 0 Å². The summed E-state index contributed by atoms with van der Waals surface area (Å²) in [7, 11) is 0. The van der Waals surface area contributed by atoms with Crippen molar-refractivity contribution in [1.82, 2.24) is 9.91 Å². The van der Waals surface area contributed by atoms with Crippen LogP contribution in [0.25, 0.3) is 0 Å². The molecule has 6 nitrogen and oxygen atoms in total. The molecule has 0 bridgehead atoms. The van der Waals surface area contributed by atoms with E-state index in [1.807, 2.05) is 6.07 Å². The number of hydrazone groups is 1. The fourth-order valence-corrected chi connectivity index (χ4v) is 7.10. The van der Waals surface area contributed by atoms with E-state index in [4.69, 9.17) is 19.3 Å². The smallest absolute Gasteiger partial charge is 0.231 e. The Kier molecular flexibility index (Phi) is 4.81. The van der Waals surface area contributed by atoms with Gasteiger partial charge in [-0.25, -0.2) is 5.01 Å². The molecule has 4 heterocycles. The number of fused-ring (bicyclic) bond motifs is 6. The molecule has 3 aromatic rings. The second kappa shape index (κ2) is 8.25. The molecule has 37 heavy (non-hydrogen) atoms. The standard InChI is InChI=1S/C31H31N3O3/c1-2-8-23-21(6-1)7-5-10-26(23)33-16-14-31(15-17-33)34-27(24-9-3-4-11-28(24)37-31)19-25(32-34)22-12-13-29-30(18-22)36-20-35-29/h1-4,6,8-9,11-13,18,26-27H,5,7,10,14-17,19-20H2/t26-,27-/m0/s1. The maximum absolute atomic E-state index is 6.89. The molecule has 5 aliphatic rings. The van der Waals surface area contributed by atoms with Crippen LogP contribution in [0.15, 0.2) is 71.8 Å². The first-order valence-corrected chi connectivity index (χ1v) is 13.6. The summed E-state index contributed by atoms with van der Waals surface area (Å²) in [5, 5.41) is 7.57. The monoisotopic (exact) mass is 493 g/mol. The lowest BCUT2D eigenvalue weighted by Crippen LogP contribution is -2.59. The highest BCUT2D eigenvalue weighted by Gasteiger charge is 2.52. The van der Waals surface area contributed by atoms with Crippen LogP contribution in [0.1, 0.15) is 66.4 Å². The predicted octanol–water partition coefficient (Wildman–Crippen LogP) is 5.83. The minimum Gasteiger partial charge on any atom is -0.466 e. The summed E-state index contributed by atoms with van der Waals surface area (Å²) in [5.74, 6) is 2.63. The van der Waals surface area contributed by atoms with Crippen LogP contribution in [0.4, 0.5) is 0 Å². The Labute approximate surface area is 217 Å². The zero-order valence-electron chi connectivity index (χ0n) is 20.9. The van der Waals surface area contributed by atoms with Crippen molar-refractivity contribution in [1.29, 1.82) is 0 Å². The number of hydrogen-bond acceptors (Lipinski definition) is 6. The summed E-state index contributed by atoms with van der Waals surface area (Å²) in [6, 6.07) is 24.5. The first-order chi connectivity index (χ1) is 18.3. The Morgan fingerprint density at radius 2 is 1.62 bits per heavy atom. The first kappa shape index (κ1) is 21.6. The average molecular weight is 494 g/mol. The highest BCUT2D eigenvalue weighted by atomic mass is 16.7. The number of hydrogen-bond donors (Lipinski definition) is 0. The van der Waals surface area contributed by atoms with E-state index in [0.717, 1.165) is 60.9 Å². The van der Waals surface area contributed by atoms with Crippen molar-refractivity contribution in [3.63, 3.8) is 0 Å². The molecular weight excluding hydrogens is 462 g/mol. The molecule has 0 unspecified atom stereocenters. The lowest BCUT2D eigenvalue weighted by atomic mass is 9.84. The third-order valence-corrected chi connectivity index (χ3v) is 8.97. The molecule has 3 aromatic carbocycles. The van der Waals surface area contributed by atoms with Crippen LogP contribution in [-0.2, 0) is 6.42 Å². The number of aryl methyl sites for hydroxylation is 1. The molecule has 0 N–H and O–H groups in total. The Balaban J connectivity index is 1.11. The minimum absolute atomic E-state index is 0.187. The lowest BCUT2D eigenvalue weighted by molar-refractivity contribution is -0.153. The Bertz CT molecular complexity index is 1390. The van der Waals surface area contributed by atoms with Gasteiger partial charge in [-0.05, 0) is 54.7 Å². The zero-order valence-corrected chi connectivity index (χ0v) is 20.9. The van der Waals surface area contributed by atoms with Crippen LogP contribution in [0.2, 0.25) is 0 Å². The summed E-state index contributed by atoms with van der Waals surface area (Å²) >= 11 is 0. The molecule has 6 heteroatoms. The molecule has 0 saturated carbocycles. The van der Waals surface area contributed by atoms with Gasteiger partial charge >= 0.3 is 0 Å². The highest BCUT2D eigenvalue weighted by molar-refractivity contribution is 6.02. The van der Waals surface area contributed by atoms with Gasteiger partial charge in [-0.15, -0.1) is 0 Å². The maximum Gasteiger partial charge on any atom is 0.231 e. The molecule has 4 aliphatic heterocycles. The summed E-state index contributed by atoms with van der Waals surface area (Å²) in [6.45, 7) is 2.31. The van der Waals surface area contributed by atoms with Crippen LogP contribution >= 0.6 is 0 Å². The molecule has 1 saturated heterocycles. The van der Waals surface area contributed by atoms with E-state index in [9.17, 15) is 0 Å². The fourth-order valence-electron chi connectivity index (χ4n) is 7.10. The van der Waals surface area contributed by atoms with E-state index in [-0.39, 0.29) is 12.8 Å². The molecule has 8 rings (SSSR count). The summed E-state index contributed by atoms with van der Waals surface area (Å²) < 4.78 is 18.1. The van der Waals surface area contributed by atoms with Gasteiger partial charge in [0, 0.05) is 49.5 Å². The van der Waals surface area contributed by atoms with Crippen molar-refractivity contribution in [3.05, 3.63) is 89.0 Å². The molecule has 188 valence electrons. The van der Waals surface area contributed by atoms with Crippen LogP contribution in [0.5, 0.6) is 17.2 Å². The van der Waals surface area contributed by atoms with Gasteiger partial charge in [0.1, 0.15) is 5.75 Å². The third-order valence-electron chi connectivity index (χ3n) is 8.97. The fraction of sp³-hybridized carbons (Fsp3) is 0.387. The number of ether oxygens (including phenoxy) is 3. The number of rotatable bonds is 2. The van der Waals surface area contributed by atoms with E-state index in [1.54, 1.807) is 0 Å². The van der Waals surface area contributed by atoms with E-state index < -0.39 is 5.72 Å². The van der Waals surface area contributed by atoms with Crippen LogP contribution in [0, 0.1) is 0 Å². The van der Waals surface area contributed by atoms with E-state index in [0.29, 0.717) is 6.04 Å². The van der Waals surface area contributed by atoms with Gasteiger partial charge in [-0.2, -0.15) is 5.10 Å². The molecule has 2 atom stereocenters. The SMILES string of the molecule is c1ccc2c(c1)CCC[C@@H]2N1CCC2(CC1)Oc1ccccc1[C@@H]1CC(c3ccc4c(c3)OCO4)=NN12. The largest absolute Gasteiger partial charge is 0.466 e. The molecule has 0 radical (unpaired) electrons. The summed E-state index contributed by atoms with van der Waals surface area (Å²) in [6.07, 6.45) is 6.46. The number of benzene rings is 3. The van der Waals surface area contributed by atoms with Crippen molar-refractivity contribution < 1.29 is 14.2 Å². The second-order valence-corrected chi connectivity index (χ2v) is 10.9. The van der Waals surface area contributed by atoms with E-state index in [1.165, 1.54) is 36.0 Å². The van der Waals surface area contributed by atoms with E-state index >= 15 is 0 Å². The maximum atomic E-state index is 6.89. The number of likely N-dealkylation sites (tertiary alicyclic amines) is 1. The normalized spacial score (nSPS) is 25.2. The molecule has 1 aliphatic carbocycles. The molecule has 1 spiro atoms. The average Bonchev–Trinajstić information content (AvgIpc) is 3.61. The second-order valence-electron chi connectivity index (χ2n) is 10.9. The third kappa shape index (κ3) is 3.38. The first-order valence-electron chi connectivity index (χ1n) is 13.6. The predicted molar refractivity (Wildman–Crippen MR) is 141 cm³/mol. The van der Waals surface area contributed by atoms with Crippen molar-refractivity contribution >= 4 is 5.71 Å². The minimum atomic E-state index is -0.415. The van der Waals surface area contributed by atoms with Gasteiger partial charge in [0.15, 0.2) is 11.5 Å². The summed E-state index contributed by atoms with van der Waals surface area (Å²) in [5.41, 5.74) is 6.06. The van der Waals surface area contributed by atoms with Crippen molar-refractivity contribution in [2.45, 2.75) is 56.3 Å². The van der Waals surface area contributed by atoms with Crippen molar-refractivity contribution in [3.8, 4) is 17.2 Å². The lowest BCUT2D eigenvalue weighted by Gasteiger charge is -2.52. The van der Waals surface area contributed by atoms with Crippen LogP contribution in [-0.4, -0.2) is 41.2 Å². The van der Waals surface area contributed by atoms with Gasteiger partial charge in [0.05, 0.1) is 11.8 Å². The Hall–Kier alpha value is -3.51. The van der Waals surface area contributed by atoms with Crippen molar-refractivity contribution in [2.75, 3.05) is 19.9 Å². The Morgan fingerprint density at radius 1 is 0.811 bits per heavy atom. The van der Waals surface area contributed by atoms with Crippen LogP contribution in [0.3, 0.4) is 0 Å². The number of piperidine rings is 1. The zero-order chi connectivity index (χ0) is 24.4. The Morgan fingerprint density at radius 3 is 2.54 bits per heavy atom. The molecular formula is C31H31N3O3. The molecule has 1 fully saturated rings. The van der Waals surface area contributed by atoms with Gasteiger partial charge in [-0.3, -0.25) is 4.90 Å². The van der Waals surface area contributed by atoms with Gasteiger partial charge in [0.2, 0.25) is 12.5 Å². The number of para-hydroxylation sites is 1. The van der Waals surface area contributed by atoms with Gasteiger partial charge in [-0.1, -0.05) is 42.5 Å². The quantitative estimate of drug-likeness (QED) is 0.450.